The van der Waals surface area contributed by atoms with Gasteiger partial charge in [-0.2, -0.15) is 17.5 Å². The third-order valence-electron chi connectivity index (χ3n) is 7.38. The molecule has 5 rings (SSSR count). The van der Waals surface area contributed by atoms with Crippen molar-refractivity contribution in [3.05, 3.63) is 72.4 Å². The molecule has 13 heteroatoms. The lowest BCUT2D eigenvalue weighted by molar-refractivity contribution is -0.148. The molecule has 0 spiro atoms. The van der Waals surface area contributed by atoms with Crippen LogP contribution in [0.4, 0.5) is 36.1 Å². The zero-order chi connectivity index (χ0) is 29.4. The summed E-state index contributed by atoms with van der Waals surface area (Å²) in [5.74, 6) is 0.489. The van der Waals surface area contributed by atoms with Gasteiger partial charge in [0.25, 0.3) is 0 Å². The number of nitrogens with one attached hydrogen (secondary N) is 1. The molecule has 0 aliphatic carbocycles. The largest absolute Gasteiger partial charge is 0.401 e. The van der Waals surface area contributed by atoms with E-state index in [1.165, 1.54) is 21.3 Å². The van der Waals surface area contributed by atoms with Crippen molar-refractivity contribution in [2.24, 2.45) is 0 Å². The van der Waals surface area contributed by atoms with Crippen LogP contribution in [0.5, 0.6) is 0 Å². The second-order valence-electron chi connectivity index (χ2n) is 10.2. The first-order chi connectivity index (χ1) is 19.4. The number of halogens is 3. The monoisotopic (exact) mass is 588 g/mol. The number of alkyl halides is 3. The number of carbonyl (C=O) groups excluding carboxylic acids is 1. The average molecular weight is 589 g/mol. The molecule has 9 nitrogen and oxygen atoms in total. The van der Waals surface area contributed by atoms with Gasteiger partial charge in [0.15, 0.2) is 0 Å². The minimum absolute atomic E-state index is 0.00763. The number of nitrogens with zero attached hydrogens (tertiary/aromatic N) is 5. The summed E-state index contributed by atoms with van der Waals surface area (Å²) in [5.41, 5.74) is 3.19. The second kappa shape index (κ2) is 11.3. The lowest BCUT2D eigenvalue weighted by atomic mass is 10.1. The molecule has 3 aromatic rings. The summed E-state index contributed by atoms with van der Waals surface area (Å²) in [6.45, 7) is 1.38. The molecule has 0 bridgehead atoms. The summed E-state index contributed by atoms with van der Waals surface area (Å²) in [6.07, 6.45) is -2.68. The predicted molar refractivity (Wildman–Crippen MR) is 151 cm³/mol. The summed E-state index contributed by atoms with van der Waals surface area (Å²) in [6, 6.07) is 17.5. The van der Waals surface area contributed by atoms with Gasteiger partial charge in [0.1, 0.15) is 11.9 Å². The van der Waals surface area contributed by atoms with Gasteiger partial charge in [-0.3, -0.25) is 9.69 Å². The molecule has 0 saturated carbocycles. The van der Waals surface area contributed by atoms with E-state index in [1.807, 2.05) is 48.2 Å². The van der Waals surface area contributed by atoms with Crippen LogP contribution >= 0.6 is 0 Å². The third kappa shape index (κ3) is 6.31. The van der Waals surface area contributed by atoms with Crippen molar-refractivity contribution in [1.82, 2.24) is 14.2 Å². The minimum Gasteiger partial charge on any atom is -0.354 e. The number of benzene rings is 2. The molecule has 218 valence electrons. The molecular formula is C28H31F3N6O3S. The van der Waals surface area contributed by atoms with Gasteiger partial charge in [-0.15, -0.1) is 0 Å². The van der Waals surface area contributed by atoms with Crippen molar-refractivity contribution in [1.29, 1.82) is 0 Å². The quantitative estimate of drug-likeness (QED) is 0.445. The number of likely N-dealkylation sites (N-methyl/N-ethyl adjacent to an activating group) is 1. The minimum atomic E-state index is -4.32. The van der Waals surface area contributed by atoms with Crippen LogP contribution in [0.2, 0.25) is 0 Å². The summed E-state index contributed by atoms with van der Waals surface area (Å²) in [4.78, 5) is 22.3. The summed E-state index contributed by atoms with van der Waals surface area (Å²) in [5, 5.41) is 3.20. The number of carbonyl (C=O) groups is 1. The smallest absolute Gasteiger partial charge is 0.354 e. The first kappa shape index (κ1) is 28.8. The van der Waals surface area contributed by atoms with Crippen LogP contribution < -0.4 is 15.1 Å². The van der Waals surface area contributed by atoms with Crippen molar-refractivity contribution >= 4 is 38.8 Å². The number of sulfonamides is 1. The molecular weight excluding hydrogens is 557 g/mol. The van der Waals surface area contributed by atoms with Gasteiger partial charge in [-0.25, -0.2) is 13.4 Å². The van der Waals surface area contributed by atoms with Gasteiger partial charge in [0.2, 0.25) is 15.9 Å². The standard InChI is InChI=1S/C28H31F3N6O3S/c1-20-27(38)34(2)25-17-32-26(16-24(25)37(20)18-21-6-4-3-5-7-21)33-22-8-10-23(11-9-22)41(39,40)36-14-12-35(13-15-36)19-28(29,30)31/h3-11,16-17,20H,12-15,18-19H2,1-2H3,(H,32,33)/t20-/m0/s1. The third-order valence-corrected chi connectivity index (χ3v) is 9.30. The average Bonchev–Trinajstić information content (AvgIpc) is 2.94. The van der Waals surface area contributed by atoms with Gasteiger partial charge < -0.3 is 15.1 Å². The lowest BCUT2D eigenvalue weighted by Gasteiger charge is -2.40. The lowest BCUT2D eigenvalue weighted by Crippen LogP contribution is -2.50. The number of anilines is 4. The van der Waals surface area contributed by atoms with E-state index in [9.17, 15) is 26.4 Å². The number of pyridine rings is 1. The van der Waals surface area contributed by atoms with Crippen LogP contribution in [0, 0.1) is 0 Å². The molecule has 2 aliphatic rings. The number of rotatable bonds is 7. The Morgan fingerprint density at radius 1 is 0.976 bits per heavy atom. The first-order valence-corrected chi connectivity index (χ1v) is 14.6. The highest BCUT2D eigenvalue weighted by Crippen LogP contribution is 2.38. The van der Waals surface area contributed by atoms with Crippen LogP contribution in [0.1, 0.15) is 12.5 Å². The molecule has 0 radical (unpaired) electrons. The Balaban J connectivity index is 1.31. The topological polar surface area (TPSA) is 89.1 Å². The fourth-order valence-electron chi connectivity index (χ4n) is 5.13. The van der Waals surface area contributed by atoms with Gasteiger partial charge in [-0.05, 0) is 36.8 Å². The van der Waals surface area contributed by atoms with Crippen molar-refractivity contribution in [3.8, 4) is 0 Å². The van der Waals surface area contributed by atoms with E-state index in [0.29, 0.717) is 23.7 Å². The number of fused-ring (bicyclic) bond motifs is 1. The van der Waals surface area contributed by atoms with Gasteiger partial charge in [-0.1, -0.05) is 30.3 Å². The highest BCUT2D eigenvalue weighted by molar-refractivity contribution is 7.89. The van der Waals surface area contributed by atoms with Gasteiger partial charge >= 0.3 is 6.18 Å². The summed E-state index contributed by atoms with van der Waals surface area (Å²) >= 11 is 0. The summed E-state index contributed by atoms with van der Waals surface area (Å²) < 4.78 is 65.4. The molecule has 1 fully saturated rings. The predicted octanol–water partition coefficient (Wildman–Crippen LogP) is 4.07. The van der Waals surface area contributed by atoms with E-state index < -0.39 is 22.7 Å². The normalized spacial score (nSPS) is 18.9. The Morgan fingerprint density at radius 3 is 2.27 bits per heavy atom. The van der Waals surface area contributed by atoms with E-state index in [1.54, 1.807) is 30.3 Å². The van der Waals surface area contributed by atoms with E-state index >= 15 is 0 Å². The molecule has 3 heterocycles. The van der Waals surface area contributed by atoms with Crippen molar-refractivity contribution in [3.63, 3.8) is 0 Å². The maximum Gasteiger partial charge on any atom is 0.401 e. The SMILES string of the molecule is C[C@H]1C(=O)N(C)c2cnc(Nc3ccc(S(=O)(=O)N4CCN(CC(F)(F)F)CC4)cc3)cc2N1Cc1ccccc1. The molecule has 1 N–H and O–H groups in total. The zero-order valence-corrected chi connectivity index (χ0v) is 23.5. The fraction of sp³-hybridized carbons (Fsp3) is 0.357. The Morgan fingerprint density at radius 2 is 1.63 bits per heavy atom. The maximum atomic E-state index is 13.1. The summed E-state index contributed by atoms with van der Waals surface area (Å²) in [7, 11) is -2.12. The van der Waals surface area contributed by atoms with E-state index in [4.69, 9.17) is 0 Å². The molecule has 2 aromatic carbocycles. The Hall–Kier alpha value is -3.68. The molecule has 1 aromatic heterocycles. The second-order valence-corrected chi connectivity index (χ2v) is 12.1. The van der Waals surface area contributed by atoms with Crippen molar-refractivity contribution in [2.45, 2.75) is 30.6 Å². The molecule has 1 amide bonds. The molecule has 1 atom stereocenters. The fourth-order valence-corrected chi connectivity index (χ4v) is 6.55. The molecule has 0 unspecified atom stereocenters. The maximum absolute atomic E-state index is 13.1. The highest BCUT2D eigenvalue weighted by Gasteiger charge is 2.36. The Labute approximate surface area is 237 Å². The van der Waals surface area contributed by atoms with Crippen LogP contribution in [-0.2, 0) is 21.4 Å². The number of hydrogen-bond donors (Lipinski definition) is 1. The van der Waals surface area contributed by atoms with Crippen LogP contribution in [-0.4, -0.2) is 80.5 Å². The Bertz CT molecular complexity index is 1490. The van der Waals surface area contributed by atoms with E-state index in [-0.39, 0.29) is 43.0 Å². The van der Waals surface area contributed by atoms with Crippen molar-refractivity contribution in [2.75, 3.05) is 54.9 Å². The van der Waals surface area contributed by atoms with Gasteiger partial charge in [0.05, 0.1) is 29.0 Å². The van der Waals surface area contributed by atoms with Crippen LogP contribution in [0.3, 0.4) is 0 Å². The molecule has 2 aliphatic heterocycles. The number of amides is 1. The Kier molecular flexibility index (Phi) is 7.95. The van der Waals surface area contributed by atoms with E-state index in [2.05, 4.69) is 10.3 Å². The van der Waals surface area contributed by atoms with Crippen LogP contribution in [0.25, 0.3) is 0 Å². The molecule has 41 heavy (non-hydrogen) atoms. The number of hydrogen-bond acceptors (Lipinski definition) is 7. The van der Waals surface area contributed by atoms with Gasteiger partial charge in [0, 0.05) is 51.5 Å². The first-order valence-electron chi connectivity index (χ1n) is 13.2. The highest BCUT2D eigenvalue weighted by atomic mass is 32.2. The number of piperazine rings is 1. The number of aromatic nitrogens is 1. The molecule has 1 saturated heterocycles. The zero-order valence-electron chi connectivity index (χ0n) is 22.7. The van der Waals surface area contributed by atoms with Crippen LogP contribution in [0.15, 0.2) is 71.8 Å². The van der Waals surface area contributed by atoms with Crippen molar-refractivity contribution < 1.29 is 26.4 Å². The van der Waals surface area contributed by atoms with E-state index in [0.717, 1.165) is 11.3 Å².